The number of likely N-dealkylation sites (N-methyl/N-ethyl adjacent to an activating group) is 1. The lowest BCUT2D eigenvalue weighted by atomic mass is 10.3. The Bertz CT molecular complexity index is 148. The molecule has 0 heterocycles. The van der Waals surface area contributed by atoms with E-state index in [0.717, 1.165) is 19.5 Å². The number of nitrogens with zero attached hydrogens (tertiary/aromatic N) is 1. The molecule has 1 unspecified atom stereocenters. The summed E-state index contributed by atoms with van der Waals surface area (Å²) in [4.78, 5) is 13.1. The first-order valence-electron chi connectivity index (χ1n) is 4.77. The second-order valence-corrected chi connectivity index (χ2v) is 3.52. The second kappa shape index (κ2) is 6.86. The van der Waals surface area contributed by atoms with Crippen LogP contribution in [-0.2, 0) is 4.79 Å². The maximum atomic E-state index is 11.2. The van der Waals surface area contributed by atoms with Gasteiger partial charge in [-0.2, -0.15) is 0 Å². The van der Waals surface area contributed by atoms with Crippen molar-refractivity contribution >= 4 is 5.91 Å². The van der Waals surface area contributed by atoms with E-state index in [1.807, 2.05) is 25.8 Å². The van der Waals surface area contributed by atoms with Gasteiger partial charge in [0, 0.05) is 19.1 Å². The zero-order valence-electron chi connectivity index (χ0n) is 8.84. The van der Waals surface area contributed by atoms with Crippen LogP contribution < -0.4 is 11.1 Å². The van der Waals surface area contributed by atoms with Crippen LogP contribution >= 0.6 is 0 Å². The minimum absolute atomic E-state index is 0.0741. The standard InChI is InChI=1S/C9H21N3O/c1-4-5-11-9(13)7-12(3)6-8(2)10/h8H,4-7,10H2,1-3H3,(H,11,13). The number of rotatable bonds is 6. The van der Waals surface area contributed by atoms with Crippen LogP contribution in [0, 0.1) is 0 Å². The summed E-state index contributed by atoms with van der Waals surface area (Å²) in [5.74, 6) is 0.0741. The Morgan fingerprint density at radius 1 is 1.62 bits per heavy atom. The Morgan fingerprint density at radius 2 is 2.23 bits per heavy atom. The zero-order chi connectivity index (χ0) is 10.3. The van der Waals surface area contributed by atoms with Crippen molar-refractivity contribution in [1.29, 1.82) is 0 Å². The largest absolute Gasteiger partial charge is 0.355 e. The molecule has 1 amide bonds. The summed E-state index contributed by atoms with van der Waals surface area (Å²) in [6.07, 6.45) is 0.975. The van der Waals surface area contributed by atoms with Crippen molar-refractivity contribution in [3.05, 3.63) is 0 Å². The van der Waals surface area contributed by atoms with Crippen molar-refractivity contribution in [3.8, 4) is 0 Å². The lowest BCUT2D eigenvalue weighted by molar-refractivity contribution is -0.121. The van der Waals surface area contributed by atoms with Crippen LogP contribution in [0.5, 0.6) is 0 Å². The van der Waals surface area contributed by atoms with E-state index in [1.165, 1.54) is 0 Å². The molecule has 0 aliphatic carbocycles. The Morgan fingerprint density at radius 3 is 2.69 bits per heavy atom. The first-order valence-corrected chi connectivity index (χ1v) is 4.77. The predicted octanol–water partition coefficient (Wildman–Crippen LogP) is -0.208. The van der Waals surface area contributed by atoms with Crippen LogP contribution in [0.2, 0.25) is 0 Å². The molecular weight excluding hydrogens is 166 g/mol. The smallest absolute Gasteiger partial charge is 0.234 e. The van der Waals surface area contributed by atoms with Crippen LogP contribution in [0.15, 0.2) is 0 Å². The van der Waals surface area contributed by atoms with E-state index in [0.29, 0.717) is 6.54 Å². The molecule has 1 atom stereocenters. The number of nitrogens with two attached hydrogens (primary N) is 1. The molecular formula is C9H21N3O. The lowest BCUT2D eigenvalue weighted by Crippen LogP contribution is -2.40. The van der Waals surface area contributed by atoms with Crippen molar-refractivity contribution in [2.24, 2.45) is 5.73 Å². The quantitative estimate of drug-likeness (QED) is 0.605. The van der Waals surface area contributed by atoms with Gasteiger partial charge in [-0.3, -0.25) is 9.69 Å². The second-order valence-electron chi connectivity index (χ2n) is 3.52. The molecule has 4 nitrogen and oxygen atoms in total. The van der Waals surface area contributed by atoms with Gasteiger partial charge in [0.05, 0.1) is 6.54 Å². The van der Waals surface area contributed by atoms with Crippen LogP contribution in [0.3, 0.4) is 0 Å². The highest BCUT2D eigenvalue weighted by atomic mass is 16.2. The Balaban J connectivity index is 3.53. The maximum absolute atomic E-state index is 11.2. The van der Waals surface area contributed by atoms with Crippen molar-refractivity contribution in [2.45, 2.75) is 26.3 Å². The number of hydrogen-bond donors (Lipinski definition) is 2. The summed E-state index contributed by atoms with van der Waals surface area (Å²) in [6, 6.07) is 0.115. The summed E-state index contributed by atoms with van der Waals surface area (Å²) >= 11 is 0. The van der Waals surface area contributed by atoms with E-state index in [-0.39, 0.29) is 11.9 Å². The van der Waals surface area contributed by atoms with Gasteiger partial charge in [-0.25, -0.2) is 0 Å². The third-order valence-electron chi connectivity index (χ3n) is 1.59. The van der Waals surface area contributed by atoms with E-state index in [4.69, 9.17) is 5.73 Å². The normalized spacial score (nSPS) is 13.0. The molecule has 0 radical (unpaired) electrons. The van der Waals surface area contributed by atoms with Gasteiger partial charge in [0.1, 0.15) is 0 Å². The lowest BCUT2D eigenvalue weighted by Gasteiger charge is -2.17. The zero-order valence-corrected chi connectivity index (χ0v) is 8.84. The summed E-state index contributed by atoms with van der Waals surface area (Å²) < 4.78 is 0. The molecule has 0 fully saturated rings. The molecule has 0 spiro atoms. The van der Waals surface area contributed by atoms with E-state index in [9.17, 15) is 4.79 Å². The number of nitrogens with one attached hydrogen (secondary N) is 1. The molecule has 0 aromatic carbocycles. The van der Waals surface area contributed by atoms with E-state index in [2.05, 4.69) is 5.32 Å². The average Bonchev–Trinajstić information content (AvgIpc) is 1.98. The van der Waals surface area contributed by atoms with Gasteiger partial charge in [-0.1, -0.05) is 6.92 Å². The monoisotopic (exact) mass is 187 g/mol. The van der Waals surface area contributed by atoms with Gasteiger partial charge >= 0.3 is 0 Å². The highest BCUT2D eigenvalue weighted by molar-refractivity contribution is 5.77. The maximum Gasteiger partial charge on any atom is 0.234 e. The molecule has 0 aromatic rings. The number of carbonyl (C=O) groups is 1. The molecule has 0 rings (SSSR count). The van der Waals surface area contributed by atoms with Gasteiger partial charge in [-0.05, 0) is 20.4 Å². The molecule has 4 heteroatoms. The van der Waals surface area contributed by atoms with Gasteiger partial charge in [-0.15, -0.1) is 0 Å². The Labute approximate surface area is 80.5 Å². The fraction of sp³-hybridized carbons (Fsp3) is 0.889. The van der Waals surface area contributed by atoms with E-state index >= 15 is 0 Å². The third kappa shape index (κ3) is 7.74. The molecule has 78 valence electrons. The van der Waals surface area contributed by atoms with Gasteiger partial charge in [0.25, 0.3) is 0 Å². The molecule has 3 N–H and O–H groups in total. The topological polar surface area (TPSA) is 58.4 Å². The van der Waals surface area contributed by atoms with Gasteiger partial charge in [0.2, 0.25) is 5.91 Å². The van der Waals surface area contributed by atoms with Crippen molar-refractivity contribution < 1.29 is 4.79 Å². The highest BCUT2D eigenvalue weighted by Crippen LogP contribution is 1.85. The molecule has 0 bridgehead atoms. The highest BCUT2D eigenvalue weighted by Gasteiger charge is 2.06. The number of carbonyl (C=O) groups excluding carboxylic acids is 1. The summed E-state index contributed by atoms with van der Waals surface area (Å²) in [7, 11) is 1.90. The van der Waals surface area contributed by atoms with Crippen LogP contribution in [0.4, 0.5) is 0 Å². The minimum atomic E-state index is 0.0741. The number of amides is 1. The predicted molar refractivity (Wildman–Crippen MR) is 54.4 cm³/mol. The summed E-state index contributed by atoms with van der Waals surface area (Å²) in [6.45, 7) is 5.90. The van der Waals surface area contributed by atoms with Crippen molar-refractivity contribution in [2.75, 3.05) is 26.7 Å². The molecule has 0 aromatic heterocycles. The van der Waals surface area contributed by atoms with Crippen LogP contribution in [0.25, 0.3) is 0 Å². The third-order valence-corrected chi connectivity index (χ3v) is 1.59. The fourth-order valence-corrected chi connectivity index (χ4v) is 1.12. The molecule has 0 saturated carbocycles. The molecule has 0 aliphatic heterocycles. The minimum Gasteiger partial charge on any atom is -0.355 e. The fourth-order valence-electron chi connectivity index (χ4n) is 1.12. The molecule has 0 aliphatic rings. The first-order chi connectivity index (χ1) is 6.06. The van der Waals surface area contributed by atoms with E-state index < -0.39 is 0 Å². The van der Waals surface area contributed by atoms with Gasteiger partial charge < -0.3 is 11.1 Å². The summed E-state index contributed by atoms with van der Waals surface area (Å²) in [5.41, 5.74) is 5.60. The van der Waals surface area contributed by atoms with Crippen LogP contribution in [-0.4, -0.2) is 43.5 Å². The van der Waals surface area contributed by atoms with Crippen LogP contribution in [0.1, 0.15) is 20.3 Å². The summed E-state index contributed by atoms with van der Waals surface area (Å²) in [5, 5.41) is 2.82. The molecule has 0 saturated heterocycles. The average molecular weight is 187 g/mol. The number of hydrogen-bond acceptors (Lipinski definition) is 3. The SMILES string of the molecule is CCCNC(=O)CN(C)CC(C)N. The Kier molecular flexibility index (Phi) is 6.54. The van der Waals surface area contributed by atoms with E-state index in [1.54, 1.807) is 0 Å². The van der Waals surface area contributed by atoms with Crippen molar-refractivity contribution in [1.82, 2.24) is 10.2 Å². The van der Waals surface area contributed by atoms with Crippen molar-refractivity contribution in [3.63, 3.8) is 0 Å². The van der Waals surface area contributed by atoms with Gasteiger partial charge in [0.15, 0.2) is 0 Å². The Hall–Kier alpha value is -0.610. The molecule has 13 heavy (non-hydrogen) atoms. The first kappa shape index (κ1) is 12.4.